The van der Waals surface area contributed by atoms with E-state index in [-0.39, 0.29) is 11.3 Å². The van der Waals surface area contributed by atoms with Crippen molar-refractivity contribution in [1.29, 1.82) is 0 Å². The number of aliphatic hydroxyl groups excluding tert-OH is 1. The third-order valence-corrected chi connectivity index (χ3v) is 5.17. The van der Waals surface area contributed by atoms with E-state index < -0.39 is 17.7 Å². The molecule has 1 atom stereocenters. The standard InChI is InChI=1S/C22H25ClN2O5/c1-4-29-17-13-14(8-9-15(17)23)20(26)18-19(16-7-5-12-30-16)25(22(28)21(18)27)11-6-10-24(2)3/h5,7-9,12-13,19,26H,4,6,10-11H2,1-3H3/b20-18-. The molecule has 1 aromatic heterocycles. The molecular formula is C22H25ClN2O5. The first kappa shape index (κ1) is 21.9. The van der Waals surface area contributed by atoms with Crippen molar-refractivity contribution in [3.63, 3.8) is 0 Å². The van der Waals surface area contributed by atoms with Gasteiger partial charge in [0.15, 0.2) is 0 Å². The Kier molecular flexibility index (Phi) is 6.84. The van der Waals surface area contributed by atoms with E-state index in [0.717, 1.165) is 6.54 Å². The number of rotatable bonds is 8. The summed E-state index contributed by atoms with van der Waals surface area (Å²) in [6.07, 6.45) is 2.15. The Balaban J connectivity index is 2.05. The third-order valence-electron chi connectivity index (χ3n) is 4.86. The van der Waals surface area contributed by atoms with Crippen LogP contribution in [0, 0.1) is 0 Å². The number of ketones is 1. The van der Waals surface area contributed by atoms with Crippen LogP contribution < -0.4 is 4.74 Å². The number of amides is 1. The maximum atomic E-state index is 12.9. The number of nitrogens with zero attached hydrogens (tertiary/aromatic N) is 2. The second-order valence-electron chi connectivity index (χ2n) is 7.24. The summed E-state index contributed by atoms with van der Waals surface area (Å²) >= 11 is 6.14. The number of aliphatic hydroxyl groups is 1. The highest BCUT2D eigenvalue weighted by molar-refractivity contribution is 6.46. The van der Waals surface area contributed by atoms with E-state index in [9.17, 15) is 14.7 Å². The molecule has 0 saturated carbocycles. The molecule has 160 valence electrons. The van der Waals surface area contributed by atoms with Crippen LogP contribution in [0.2, 0.25) is 5.02 Å². The summed E-state index contributed by atoms with van der Waals surface area (Å²) in [6.45, 7) is 3.32. The maximum absolute atomic E-state index is 12.9. The number of hydrogen-bond donors (Lipinski definition) is 1. The molecule has 0 radical (unpaired) electrons. The Labute approximate surface area is 180 Å². The van der Waals surface area contributed by atoms with E-state index in [1.165, 1.54) is 11.2 Å². The summed E-state index contributed by atoms with van der Waals surface area (Å²) < 4.78 is 11.0. The monoisotopic (exact) mass is 432 g/mol. The first-order valence-electron chi connectivity index (χ1n) is 9.74. The fourth-order valence-electron chi connectivity index (χ4n) is 3.48. The van der Waals surface area contributed by atoms with Gasteiger partial charge in [0.05, 0.1) is 23.5 Å². The Hall–Kier alpha value is -2.77. The third kappa shape index (κ3) is 4.37. The number of Topliss-reactive ketones (excluding diaryl/α,β-unsaturated/α-hetero) is 1. The van der Waals surface area contributed by atoms with Gasteiger partial charge in [-0.3, -0.25) is 9.59 Å². The highest BCUT2D eigenvalue weighted by Crippen LogP contribution is 2.40. The van der Waals surface area contributed by atoms with Crippen LogP contribution in [0.1, 0.15) is 30.7 Å². The van der Waals surface area contributed by atoms with Crippen molar-refractivity contribution in [3.8, 4) is 5.75 Å². The van der Waals surface area contributed by atoms with E-state index in [1.807, 2.05) is 25.9 Å². The zero-order valence-corrected chi connectivity index (χ0v) is 18.0. The second kappa shape index (κ2) is 9.36. The van der Waals surface area contributed by atoms with E-state index in [1.54, 1.807) is 30.3 Å². The minimum Gasteiger partial charge on any atom is -0.507 e. The molecular weight excluding hydrogens is 408 g/mol. The van der Waals surface area contributed by atoms with Gasteiger partial charge in [-0.2, -0.15) is 0 Å². The molecule has 8 heteroatoms. The highest BCUT2D eigenvalue weighted by Gasteiger charge is 2.47. The molecule has 1 amide bonds. The largest absolute Gasteiger partial charge is 0.507 e. The lowest BCUT2D eigenvalue weighted by molar-refractivity contribution is -0.140. The molecule has 7 nitrogen and oxygen atoms in total. The summed E-state index contributed by atoms with van der Waals surface area (Å²) in [5.74, 6) is -0.887. The quantitative estimate of drug-likeness (QED) is 0.389. The molecule has 1 saturated heterocycles. The van der Waals surface area contributed by atoms with Crippen LogP contribution in [-0.4, -0.2) is 60.4 Å². The van der Waals surface area contributed by atoms with E-state index in [0.29, 0.717) is 41.7 Å². The molecule has 0 aliphatic carbocycles. The average Bonchev–Trinajstić information content (AvgIpc) is 3.31. The molecule has 2 aromatic rings. The molecule has 1 unspecified atom stereocenters. The summed E-state index contributed by atoms with van der Waals surface area (Å²) in [5, 5.41) is 11.4. The van der Waals surface area contributed by atoms with Gasteiger partial charge in [0.25, 0.3) is 11.7 Å². The first-order chi connectivity index (χ1) is 14.3. The van der Waals surface area contributed by atoms with Crippen molar-refractivity contribution in [1.82, 2.24) is 9.80 Å². The fourth-order valence-corrected chi connectivity index (χ4v) is 3.65. The van der Waals surface area contributed by atoms with Crippen molar-refractivity contribution in [2.75, 3.05) is 33.8 Å². The Bertz CT molecular complexity index is 952. The van der Waals surface area contributed by atoms with Crippen LogP contribution in [0.25, 0.3) is 5.76 Å². The Morgan fingerprint density at radius 1 is 1.30 bits per heavy atom. The molecule has 1 N–H and O–H groups in total. The smallest absolute Gasteiger partial charge is 0.295 e. The van der Waals surface area contributed by atoms with Gasteiger partial charge in [0.2, 0.25) is 0 Å². The van der Waals surface area contributed by atoms with Gasteiger partial charge >= 0.3 is 0 Å². The number of benzene rings is 1. The summed E-state index contributed by atoms with van der Waals surface area (Å²) in [7, 11) is 3.88. The Morgan fingerprint density at radius 3 is 2.70 bits per heavy atom. The van der Waals surface area contributed by atoms with E-state index in [4.69, 9.17) is 20.8 Å². The van der Waals surface area contributed by atoms with E-state index >= 15 is 0 Å². The SMILES string of the molecule is CCOc1cc(/C(O)=C2/C(=O)C(=O)N(CCCN(C)C)C2c2ccco2)ccc1Cl. The summed E-state index contributed by atoms with van der Waals surface area (Å²) in [4.78, 5) is 29.1. The Morgan fingerprint density at radius 2 is 2.07 bits per heavy atom. The summed E-state index contributed by atoms with van der Waals surface area (Å²) in [6, 6.07) is 7.30. The number of halogens is 1. The molecule has 0 spiro atoms. The van der Waals surface area contributed by atoms with Crippen LogP contribution in [0.4, 0.5) is 0 Å². The second-order valence-corrected chi connectivity index (χ2v) is 7.65. The molecule has 30 heavy (non-hydrogen) atoms. The number of furan rings is 1. The van der Waals surface area contributed by atoms with Gasteiger partial charge in [0, 0.05) is 12.1 Å². The van der Waals surface area contributed by atoms with Crippen molar-refractivity contribution in [2.24, 2.45) is 0 Å². The number of carbonyl (C=O) groups excluding carboxylic acids is 2. The van der Waals surface area contributed by atoms with Gasteiger partial charge < -0.3 is 24.1 Å². The number of hydrogen-bond acceptors (Lipinski definition) is 6. The lowest BCUT2D eigenvalue weighted by atomic mass is 9.99. The van der Waals surface area contributed by atoms with Crippen LogP contribution in [0.3, 0.4) is 0 Å². The number of ether oxygens (including phenoxy) is 1. The van der Waals surface area contributed by atoms with Crippen LogP contribution in [0.5, 0.6) is 5.75 Å². The predicted octanol–water partition coefficient (Wildman–Crippen LogP) is 3.71. The van der Waals surface area contributed by atoms with Gasteiger partial charge in [-0.15, -0.1) is 0 Å². The first-order valence-corrected chi connectivity index (χ1v) is 10.1. The zero-order chi connectivity index (χ0) is 21.8. The average molecular weight is 433 g/mol. The minimum absolute atomic E-state index is 0.00965. The van der Waals surface area contributed by atoms with Gasteiger partial charge in [-0.05, 0) is 64.3 Å². The van der Waals surface area contributed by atoms with Crippen molar-refractivity contribution in [3.05, 3.63) is 58.5 Å². The molecule has 0 bridgehead atoms. The molecule has 2 heterocycles. The van der Waals surface area contributed by atoms with Crippen LogP contribution in [-0.2, 0) is 9.59 Å². The molecule has 1 fully saturated rings. The van der Waals surface area contributed by atoms with Gasteiger partial charge in [-0.25, -0.2) is 0 Å². The van der Waals surface area contributed by atoms with Crippen molar-refractivity contribution < 1.29 is 23.8 Å². The van der Waals surface area contributed by atoms with E-state index in [2.05, 4.69) is 0 Å². The topological polar surface area (TPSA) is 83.2 Å². The van der Waals surface area contributed by atoms with Crippen molar-refractivity contribution >= 4 is 29.1 Å². The van der Waals surface area contributed by atoms with Crippen LogP contribution in [0.15, 0.2) is 46.6 Å². The maximum Gasteiger partial charge on any atom is 0.295 e. The molecule has 1 aromatic carbocycles. The molecule has 1 aliphatic rings. The predicted molar refractivity (Wildman–Crippen MR) is 114 cm³/mol. The highest BCUT2D eigenvalue weighted by atomic mass is 35.5. The van der Waals surface area contributed by atoms with Crippen LogP contribution >= 0.6 is 11.6 Å². The molecule has 3 rings (SSSR count). The summed E-state index contributed by atoms with van der Waals surface area (Å²) in [5.41, 5.74) is 0.329. The lowest BCUT2D eigenvalue weighted by Gasteiger charge is -2.24. The van der Waals surface area contributed by atoms with Gasteiger partial charge in [-0.1, -0.05) is 11.6 Å². The fraction of sp³-hybridized carbons (Fsp3) is 0.364. The van der Waals surface area contributed by atoms with Crippen molar-refractivity contribution in [2.45, 2.75) is 19.4 Å². The lowest BCUT2D eigenvalue weighted by Crippen LogP contribution is -2.32. The molecule has 1 aliphatic heterocycles. The minimum atomic E-state index is -0.798. The number of carbonyl (C=O) groups is 2. The zero-order valence-electron chi connectivity index (χ0n) is 17.2. The number of likely N-dealkylation sites (tertiary alicyclic amines) is 1. The normalized spacial score (nSPS) is 18.4. The van der Waals surface area contributed by atoms with Gasteiger partial charge in [0.1, 0.15) is 23.3 Å².